The molecule has 2 N–H and O–H groups in total. The molecule has 2 unspecified atom stereocenters. The first-order valence-corrected chi connectivity index (χ1v) is 10.4. The summed E-state index contributed by atoms with van der Waals surface area (Å²) in [4.78, 5) is 4.05. The summed E-state index contributed by atoms with van der Waals surface area (Å²) in [5.74, 6) is 1.65. The highest BCUT2D eigenvalue weighted by atomic mass is 16.5. The Morgan fingerprint density at radius 3 is 2.17 bits per heavy atom. The van der Waals surface area contributed by atoms with Crippen LogP contribution in [0.1, 0.15) is 59.9 Å². The summed E-state index contributed by atoms with van der Waals surface area (Å²) < 4.78 is 11.1. The summed E-state index contributed by atoms with van der Waals surface area (Å²) in [6.07, 6.45) is -0.790. The molecule has 164 valence electrons. The number of methoxy groups -OCH3 is 2. The lowest BCUT2D eigenvalue weighted by molar-refractivity contribution is -0.00344. The molecule has 0 spiro atoms. The van der Waals surface area contributed by atoms with E-state index >= 15 is 0 Å². The fourth-order valence-electron chi connectivity index (χ4n) is 4.19. The smallest absolute Gasteiger partial charge is 0.137 e. The molecule has 0 amide bonds. The van der Waals surface area contributed by atoms with Crippen molar-refractivity contribution in [3.8, 4) is 11.5 Å². The summed E-state index contributed by atoms with van der Waals surface area (Å²) in [7, 11) is 7.19. The Kier molecular flexibility index (Phi) is 7.03. The Balaban J connectivity index is 1.89. The van der Waals surface area contributed by atoms with Crippen molar-refractivity contribution in [2.45, 2.75) is 45.1 Å². The number of ether oxygens (including phenoxy) is 2. The van der Waals surface area contributed by atoms with Crippen LogP contribution in [0, 0.1) is 0 Å². The van der Waals surface area contributed by atoms with Crippen molar-refractivity contribution >= 4 is 0 Å². The van der Waals surface area contributed by atoms with Crippen LogP contribution in [-0.2, 0) is 13.1 Å². The maximum atomic E-state index is 11.2. The van der Waals surface area contributed by atoms with Crippen LogP contribution in [0.15, 0.2) is 30.3 Å². The van der Waals surface area contributed by atoms with Crippen molar-refractivity contribution in [3.63, 3.8) is 0 Å². The standard InChI is InChI=1S/C24H34N2O4/c1-15(2)19-10-20(23(30-6)11-22(19)29-5)24(28)26-12-17-8-7-16(9-18(17)13-26)21(14-27)25(3)4/h7-11,15,21,24,27-28H,12-14H2,1-6H3. The van der Waals surface area contributed by atoms with E-state index in [-0.39, 0.29) is 18.6 Å². The van der Waals surface area contributed by atoms with Gasteiger partial charge in [0.1, 0.15) is 17.7 Å². The molecule has 30 heavy (non-hydrogen) atoms. The predicted molar refractivity (Wildman–Crippen MR) is 118 cm³/mol. The second-order valence-corrected chi connectivity index (χ2v) is 8.46. The molecule has 0 fully saturated rings. The molecule has 1 aliphatic rings. The fourth-order valence-corrected chi connectivity index (χ4v) is 4.19. The summed E-state index contributed by atoms with van der Waals surface area (Å²) in [5.41, 5.74) is 5.26. The van der Waals surface area contributed by atoms with Crippen LogP contribution in [0.4, 0.5) is 0 Å². The monoisotopic (exact) mass is 414 g/mol. The molecular weight excluding hydrogens is 380 g/mol. The van der Waals surface area contributed by atoms with Crippen molar-refractivity contribution in [3.05, 3.63) is 58.1 Å². The van der Waals surface area contributed by atoms with Gasteiger partial charge in [0, 0.05) is 24.7 Å². The molecule has 0 bridgehead atoms. The molecule has 0 saturated heterocycles. The maximum absolute atomic E-state index is 11.2. The molecule has 2 aromatic rings. The molecule has 1 aliphatic heterocycles. The molecule has 3 rings (SSSR count). The van der Waals surface area contributed by atoms with E-state index in [1.54, 1.807) is 14.2 Å². The third kappa shape index (κ3) is 4.32. The number of hydrogen-bond acceptors (Lipinski definition) is 6. The molecule has 0 radical (unpaired) electrons. The van der Waals surface area contributed by atoms with Gasteiger partial charge < -0.3 is 24.6 Å². The van der Waals surface area contributed by atoms with Gasteiger partial charge in [-0.3, -0.25) is 4.90 Å². The third-order valence-electron chi connectivity index (χ3n) is 5.99. The highest BCUT2D eigenvalue weighted by molar-refractivity contribution is 5.49. The number of nitrogens with zero attached hydrogens (tertiary/aromatic N) is 2. The van der Waals surface area contributed by atoms with Crippen molar-refractivity contribution in [1.29, 1.82) is 0 Å². The average molecular weight is 415 g/mol. The van der Waals surface area contributed by atoms with E-state index in [1.807, 2.05) is 36.0 Å². The van der Waals surface area contributed by atoms with Crippen LogP contribution < -0.4 is 9.47 Å². The third-order valence-corrected chi connectivity index (χ3v) is 5.99. The van der Waals surface area contributed by atoms with Crippen LogP contribution in [-0.4, -0.2) is 54.9 Å². The average Bonchev–Trinajstić information content (AvgIpc) is 3.15. The summed E-state index contributed by atoms with van der Waals surface area (Å²) in [5, 5.41) is 21.0. The minimum Gasteiger partial charge on any atom is -0.496 e. The largest absolute Gasteiger partial charge is 0.496 e. The predicted octanol–water partition coefficient (Wildman–Crippen LogP) is 3.43. The summed E-state index contributed by atoms with van der Waals surface area (Å²) in [6.45, 7) is 5.59. The van der Waals surface area contributed by atoms with Gasteiger partial charge in [0.25, 0.3) is 0 Å². The minimum absolute atomic E-state index is 0.0374. The molecule has 0 saturated carbocycles. The molecule has 0 aromatic heterocycles. The lowest BCUT2D eigenvalue weighted by Gasteiger charge is -2.26. The SMILES string of the molecule is COc1cc(OC)c(C(O)N2Cc3ccc(C(CO)N(C)C)cc3C2)cc1C(C)C. The van der Waals surface area contributed by atoms with Gasteiger partial charge in [-0.25, -0.2) is 0 Å². The van der Waals surface area contributed by atoms with Crippen LogP contribution in [0.25, 0.3) is 0 Å². The van der Waals surface area contributed by atoms with E-state index in [0.717, 1.165) is 22.4 Å². The number of benzene rings is 2. The fraction of sp³-hybridized carbons (Fsp3) is 0.500. The highest BCUT2D eigenvalue weighted by Crippen LogP contribution is 2.40. The Labute approximate surface area is 179 Å². The van der Waals surface area contributed by atoms with E-state index in [2.05, 4.69) is 32.0 Å². The van der Waals surface area contributed by atoms with Gasteiger partial charge in [-0.15, -0.1) is 0 Å². The zero-order chi connectivity index (χ0) is 22.0. The first-order valence-electron chi connectivity index (χ1n) is 10.4. The zero-order valence-electron chi connectivity index (χ0n) is 18.8. The quantitative estimate of drug-likeness (QED) is 0.690. The Hall–Kier alpha value is -2.12. The number of aliphatic hydroxyl groups excluding tert-OH is 2. The van der Waals surface area contributed by atoms with Gasteiger partial charge in [-0.05, 0) is 48.3 Å². The van der Waals surface area contributed by atoms with Crippen LogP contribution in [0.5, 0.6) is 11.5 Å². The van der Waals surface area contributed by atoms with Gasteiger partial charge in [0.2, 0.25) is 0 Å². The van der Waals surface area contributed by atoms with E-state index in [4.69, 9.17) is 9.47 Å². The Morgan fingerprint density at radius 2 is 1.60 bits per heavy atom. The summed E-state index contributed by atoms with van der Waals surface area (Å²) >= 11 is 0. The van der Waals surface area contributed by atoms with E-state index in [9.17, 15) is 10.2 Å². The van der Waals surface area contributed by atoms with Crippen LogP contribution >= 0.6 is 0 Å². The van der Waals surface area contributed by atoms with Gasteiger partial charge >= 0.3 is 0 Å². The number of rotatable bonds is 8. The molecule has 6 nitrogen and oxygen atoms in total. The van der Waals surface area contributed by atoms with Gasteiger partial charge in [0.05, 0.1) is 26.9 Å². The zero-order valence-corrected chi connectivity index (χ0v) is 18.8. The highest BCUT2D eigenvalue weighted by Gasteiger charge is 2.29. The van der Waals surface area contributed by atoms with Crippen molar-refractivity contribution in [2.24, 2.45) is 0 Å². The van der Waals surface area contributed by atoms with Crippen LogP contribution in [0.2, 0.25) is 0 Å². The number of fused-ring (bicyclic) bond motifs is 1. The van der Waals surface area contributed by atoms with Crippen molar-refractivity contribution in [2.75, 3.05) is 34.9 Å². The van der Waals surface area contributed by atoms with Gasteiger partial charge in [-0.1, -0.05) is 32.0 Å². The molecular formula is C24H34N2O4. The summed E-state index contributed by atoms with van der Waals surface area (Å²) in [6, 6.07) is 10.1. The van der Waals surface area contributed by atoms with Gasteiger partial charge in [0.15, 0.2) is 0 Å². The normalized spacial score (nSPS) is 16.1. The minimum atomic E-state index is -0.790. The Morgan fingerprint density at radius 1 is 0.967 bits per heavy atom. The molecule has 6 heteroatoms. The number of aliphatic hydroxyl groups is 2. The van der Waals surface area contributed by atoms with E-state index < -0.39 is 6.23 Å². The lowest BCUT2D eigenvalue weighted by Crippen LogP contribution is -2.24. The Bertz CT molecular complexity index is 882. The van der Waals surface area contributed by atoms with Crippen molar-refractivity contribution in [1.82, 2.24) is 9.80 Å². The lowest BCUT2D eigenvalue weighted by atomic mass is 9.98. The first kappa shape index (κ1) is 22.6. The number of likely N-dealkylation sites (N-methyl/N-ethyl adjacent to an activating group) is 1. The topological polar surface area (TPSA) is 65.4 Å². The molecule has 2 aromatic carbocycles. The van der Waals surface area contributed by atoms with E-state index in [1.165, 1.54) is 11.1 Å². The second kappa shape index (κ2) is 9.35. The van der Waals surface area contributed by atoms with Gasteiger partial charge in [-0.2, -0.15) is 0 Å². The molecule has 1 heterocycles. The number of hydrogen-bond donors (Lipinski definition) is 2. The van der Waals surface area contributed by atoms with Crippen molar-refractivity contribution < 1.29 is 19.7 Å². The van der Waals surface area contributed by atoms with E-state index in [0.29, 0.717) is 18.8 Å². The molecule has 0 aliphatic carbocycles. The first-order chi connectivity index (χ1) is 14.3. The maximum Gasteiger partial charge on any atom is 0.137 e. The second-order valence-electron chi connectivity index (χ2n) is 8.46. The van der Waals surface area contributed by atoms with Crippen LogP contribution in [0.3, 0.4) is 0 Å². The molecule has 2 atom stereocenters.